The topological polar surface area (TPSA) is 92.7 Å². The number of sulfonamides is 1. The minimum Gasteiger partial charge on any atom is -0.481 e. The first-order chi connectivity index (χ1) is 8.30. The lowest BCUT2D eigenvalue weighted by Crippen LogP contribution is -2.40. The van der Waals surface area contributed by atoms with Gasteiger partial charge in [0.15, 0.2) is 0 Å². The predicted molar refractivity (Wildman–Crippen MR) is 66.8 cm³/mol. The molecule has 1 rings (SSSR count). The van der Waals surface area contributed by atoms with Crippen LogP contribution in [0, 0.1) is 5.92 Å². The van der Waals surface area contributed by atoms with Crippen LogP contribution in [0.5, 0.6) is 0 Å². The number of rotatable bonds is 9. The van der Waals surface area contributed by atoms with E-state index in [9.17, 15) is 13.2 Å². The molecule has 1 fully saturated rings. The van der Waals surface area contributed by atoms with E-state index in [0.29, 0.717) is 0 Å². The summed E-state index contributed by atoms with van der Waals surface area (Å²) in [5, 5.41) is 8.75. The molecular weight excluding hydrogens is 258 g/mol. The number of aliphatic carboxylic acids is 1. The van der Waals surface area contributed by atoms with E-state index in [0.717, 1.165) is 12.8 Å². The minimum atomic E-state index is -3.47. The van der Waals surface area contributed by atoms with Gasteiger partial charge in [0.1, 0.15) is 0 Å². The van der Waals surface area contributed by atoms with Crippen LogP contribution in [0.15, 0.2) is 0 Å². The summed E-state index contributed by atoms with van der Waals surface area (Å²) in [5.41, 5.74) is 0. The maximum Gasteiger partial charge on any atom is 0.304 e. The lowest BCUT2D eigenvalue weighted by Gasteiger charge is -2.16. The van der Waals surface area contributed by atoms with Crippen LogP contribution in [-0.2, 0) is 19.6 Å². The van der Waals surface area contributed by atoms with Crippen molar-refractivity contribution in [3.63, 3.8) is 0 Å². The maximum atomic E-state index is 11.8. The van der Waals surface area contributed by atoms with Gasteiger partial charge in [0, 0.05) is 6.04 Å². The van der Waals surface area contributed by atoms with E-state index in [2.05, 4.69) is 4.72 Å². The molecular formula is C11H21NO5S. The standard InChI is InChI=1S/C11H21NO5S/c1-8(2)17-5-6-18(15,16)12-10(7-11(13)14)9-3-4-9/h8-10,12H,3-7H2,1-2H3,(H,13,14). The lowest BCUT2D eigenvalue weighted by atomic mass is 10.1. The molecule has 18 heavy (non-hydrogen) atoms. The van der Waals surface area contributed by atoms with Crippen molar-refractivity contribution < 1.29 is 23.1 Å². The van der Waals surface area contributed by atoms with E-state index in [1.807, 2.05) is 13.8 Å². The zero-order valence-electron chi connectivity index (χ0n) is 10.8. The van der Waals surface area contributed by atoms with Gasteiger partial charge in [-0.1, -0.05) is 0 Å². The van der Waals surface area contributed by atoms with Crippen molar-refractivity contribution in [2.45, 2.75) is 45.3 Å². The van der Waals surface area contributed by atoms with Crippen molar-refractivity contribution in [1.29, 1.82) is 0 Å². The van der Waals surface area contributed by atoms with E-state index in [-0.39, 0.29) is 30.8 Å². The fourth-order valence-corrected chi connectivity index (χ4v) is 2.84. The molecule has 0 aliphatic heterocycles. The molecule has 7 heteroatoms. The van der Waals surface area contributed by atoms with Crippen LogP contribution in [0.3, 0.4) is 0 Å². The second-order valence-electron chi connectivity index (χ2n) is 4.90. The van der Waals surface area contributed by atoms with Gasteiger partial charge in [0.25, 0.3) is 0 Å². The molecule has 6 nitrogen and oxygen atoms in total. The van der Waals surface area contributed by atoms with Crippen molar-refractivity contribution in [2.24, 2.45) is 5.92 Å². The van der Waals surface area contributed by atoms with E-state index in [1.54, 1.807) is 0 Å². The number of hydrogen-bond acceptors (Lipinski definition) is 4. The lowest BCUT2D eigenvalue weighted by molar-refractivity contribution is -0.137. The highest BCUT2D eigenvalue weighted by Crippen LogP contribution is 2.34. The van der Waals surface area contributed by atoms with Gasteiger partial charge in [-0.25, -0.2) is 13.1 Å². The van der Waals surface area contributed by atoms with Gasteiger partial charge in [0.05, 0.1) is 24.9 Å². The van der Waals surface area contributed by atoms with Crippen LogP contribution in [0.2, 0.25) is 0 Å². The van der Waals surface area contributed by atoms with Crippen LogP contribution in [-0.4, -0.2) is 44.0 Å². The molecule has 106 valence electrons. The summed E-state index contributed by atoms with van der Waals surface area (Å²) in [5.74, 6) is -0.941. The highest BCUT2D eigenvalue weighted by atomic mass is 32.2. The molecule has 1 aliphatic carbocycles. The van der Waals surface area contributed by atoms with Gasteiger partial charge in [-0.2, -0.15) is 0 Å². The third kappa shape index (κ3) is 6.32. The van der Waals surface area contributed by atoms with Crippen LogP contribution in [0.25, 0.3) is 0 Å². The van der Waals surface area contributed by atoms with Gasteiger partial charge in [0.2, 0.25) is 10.0 Å². The molecule has 0 radical (unpaired) electrons. The van der Waals surface area contributed by atoms with Crippen LogP contribution in [0.1, 0.15) is 33.1 Å². The molecule has 0 heterocycles. The van der Waals surface area contributed by atoms with E-state index >= 15 is 0 Å². The summed E-state index contributed by atoms with van der Waals surface area (Å²) in [4.78, 5) is 10.7. The highest BCUT2D eigenvalue weighted by molar-refractivity contribution is 7.89. The van der Waals surface area contributed by atoms with Gasteiger partial charge in [-0.15, -0.1) is 0 Å². The monoisotopic (exact) mass is 279 g/mol. The van der Waals surface area contributed by atoms with E-state index < -0.39 is 22.0 Å². The number of nitrogens with one attached hydrogen (secondary N) is 1. The van der Waals surface area contributed by atoms with Gasteiger partial charge in [-0.05, 0) is 32.6 Å². The molecule has 0 saturated heterocycles. The Morgan fingerprint density at radius 1 is 1.44 bits per heavy atom. The second kappa shape index (κ2) is 6.49. The summed E-state index contributed by atoms with van der Waals surface area (Å²) in [6.45, 7) is 3.78. The Balaban J connectivity index is 2.43. The number of hydrogen-bond donors (Lipinski definition) is 2. The van der Waals surface area contributed by atoms with Crippen LogP contribution < -0.4 is 4.72 Å². The number of ether oxygens (including phenoxy) is 1. The molecule has 0 aromatic carbocycles. The molecule has 0 amide bonds. The van der Waals surface area contributed by atoms with Crippen molar-refractivity contribution in [1.82, 2.24) is 4.72 Å². The SMILES string of the molecule is CC(C)OCCS(=O)(=O)NC(CC(=O)O)C1CC1. The van der Waals surface area contributed by atoms with Gasteiger partial charge in [-0.3, -0.25) is 4.79 Å². The smallest absolute Gasteiger partial charge is 0.304 e. The average molecular weight is 279 g/mol. The maximum absolute atomic E-state index is 11.8. The van der Waals surface area contributed by atoms with Gasteiger partial charge >= 0.3 is 5.97 Å². The first-order valence-electron chi connectivity index (χ1n) is 6.13. The Labute approximate surface area is 108 Å². The Hall–Kier alpha value is -0.660. The zero-order chi connectivity index (χ0) is 13.8. The molecule has 1 unspecified atom stereocenters. The fraction of sp³-hybridized carbons (Fsp3) is 0.909. The summed E-state index contributed by atoms with van der Waals surface area (Å²) in [6, 6.07) is -0.480. The van der Waals surface area contributed by atoms with Crippen molar-refractivity contribution in [2.75, 3.05) is 12.4 Å². The normalized spacial score (nSPS) is 17.9. The third-order valence-corrected chi connectivity index (χ3v) is 4.09. The summed E-state index contributed by atoms with van der Waals surface area (Å²) >= 11 is 0. The summed E-state index contributed by atoms with van der Waals surface area (Å²) < 4.78 is 31.2. The Morgan fingerprint density at radius 2 is 2.06 bits per heavy atom. The molecule has 0 aromatic heterocycles. The number of carboxylic acids is 1. The van der Waals surface area contributed by atoms with E-state index in [1.165, 1.54) is 0 Å². The molecule has 1 atom stereocenters. The van der Waals surface area contributed by atoms with Crippen LogP contribution >= 0.6 is 0 Å². The molecule has 0 aromatic rings. The number of carbonyl (C=O) groups is 1. The van der Waals surface area contributed by atoms with Gasteiger partial charge < -0.3 is 9.84 Å². The fourth-order valence-electron chi connectivity index (χ4n) is 1.67. The molecule has 1 saturated carbocycles. The Kier molecular flexibility index (Phi) is 5.55. The van der Waals surface area contributed by atoms with E-state index in [4.69, 9.17) is 9.84 Å². The van der Waals surface area contributed by atoms with Crippen LogP contribution in [0.4, 0.5) is 0 Å². The first-order valence-corrected chi connectivity index (χ1v) is 7.79. The Morgan fingerprint density at radius 3 is 2.50 bits per heavy atom. The highest BCUT2D eigenvalue weighted by Gasteiger charge is 2.35. The predicted octanol–water partition coefficient (Wildman–Crippen LogP) is 0.584. The summed E-state index contributed by atoms with van der Waals surface area (Å²) in [7, 11) is -3.47. The zero-order valence-corrected chi connectivity index (χ0v) is 11.6. The molecule has 0 bridgehead atoms. The Bertz CT molecular complexity index is 375. The van der Waals surface area contributed by atoms with Crippen molar-refractivity contribution >= 4 is 16.0 Å². The van der Waals surface area contributed by atoms with Crippen molar-refractivity contribution in [3.8, 4) is 0 Å². The molecule has 0 spiro atoms. The number of carboxylic acid groups (broad SMARTS) is 1. The summed E-state index contributed by atoms with van der Waals surface area (Å²) in [6.07, 6.45) is 1.61. The first kappa shape index (κ1) is 15.4. The quantitative estimate of drug-likeness (QED) is 0.644. The average Bonchev–Trinajstić information content (AvgIpc) is 2.96. The molecule has 2 N–H and O–H groups in total. The second-order valence-corrected chi connectivity index (χ2v) is 6.77. The molecule has 1 aliphatic rings. The largest absolute Gasteiger partial charge is 0.481 e. The van der Waals surface area contributed by atoms with Crippen molar-refractivity contribution in [3.05, 3.63) is 0 Å². The minimum absolute atomic E-state index is 0.0153. The third-order valence-electron chi connectivity index (χ3n) is 2.72.